The van der Waals surface area contributed by atoms with Gasteiger partial charge < -0.3 is 9.64 Å². The van der Waals surface area contributed by atoms with Gasteiger partial charge in [-0.25, -0.2) is 0 Å². The van der Waals surface area contributed by atoms with Gasteiger partial charge >= 0.3 is 0 Å². The zero-order valence-electron chi connectivity index (χ0n) is 13.3. The lowest BCUT2D eigenvalue weighted by atomic mass is 10.1. The van der Waals surface area contributed by atoms with Crippen molar-refractivity contribution in [2.24, 2.45) is 5.92 Å². The van der Waals surface area contributed by atoms with Crippen molar-refractivity contribution < 1.29 is 9.53 Å². The average Bonchev–Trinajstić information content (AvgIpc) is 2.82. The lowest BCUT2D eigenvalue weighted by Gasteiger charge is -2.22. The molecule has 0 N–H and O–H groups in total. The van der Waals surface area contributed by atoms with Gasteiger partial charge in [-0.3, -0.25) is 4.79 Å². The van der Waals surface area contributed by atoms with Crippen molar-refractivity contribution in [3.63, 3.8) is 0 Å². The summed E-state index contributed by atoms with van der Waals surface area (Å²) in [5, 5.41) is 9.28. The molecule has 1 fully saturated rings. The van der Waals surface area contributed by atoms with Gasteiger partial charge in [-0.15, -0.1) is 0 Å². The van der Waals surface area contributed by atoms with Crippen molar-refractivity contribution in [2.75, 3.05) is 19.7 Å². The molecule has 1 amide bonds. The van der Waals surface area contributed by atoms with E-state index < -0.39 is 5.92 Å². The first kappa shape index (κ1) is 16.4. The Morgan fingerprint density at radius 2 is 1.86 bits per heavy atom. The minimum absolute atomic E-state index is 0.0306. The van der Waals surface area contributed by atoms with E-state index in [4.69, 9.17) is 4.74 Å². The van der Waals surface area contributed by atoms with Gasteiger partial charge in [-0.1, -0.05) is 30.5 Å². The first-order chi connectivity index (χ1) is 10.7. The molecule has 1 aliphatic heterocycles. The maximum absolute atomic E-state index is 12.4. The summed E-state index contributed by atoms with van der Waals surface area (Å²) in [4.78, 5) is 14.3. The number of carbonyl (C=O) groups excluding carboxylic acids is 1. The van der Waals surface area contributed by atoms with E-state index in [0.717, 1.165) is 31.7 Å². The van der Waals surface area contributed by atoms with Crippen molar-refractivity contribution >= 4 is 5.91 Å². The number of nitrogens with zero attached hydrogens (tertiary/aromatic N) is 2. The summed E-state index contributed by atoms with van der Waals surface area (Å²) in [5.41, 5.74) is 1.18. The molecule has 118 valence electrons. The lowest BCUT2D eigenvalue weighted by molar-refractivity contribution is -0.134. The highest BCUT2D eigenvalue weighted by Crippen LogP contribution is 2.16. The molecule has 1 aromatic carbocycles. The third kappa shape index (κ3) is 4.77. The third-order valence-corrected chi connectivity index (χ3v) is 4.07. The number of benzene rings is 1. The van der Waals surface area contributed by atoms with Crippen molar-refractivity contribution in [2.45, 2.75) is 39.0 Å². The van der Waals surface area contributed by atoms with Gasteiger partial charge in [-0.2, -0.15) is 5.26 Å². The zero-order chi connectivity index (χ0) is 15.8. The molecule has 0 aliphatic carbocycles. The Morgan fingerprint density at radius 1 is 1.23 bits per heavy atom. The van der Waals surface area contributed by atoms with Crippen LogP contribution in [-0.2, 0) is 4.79 Å². The highest BCUT2D eigenvalue weighted by molar-refractivity contribution is 5.81. The van der Waals surface area contributed by atoms with E-state index in [-0.39, 0.29) is 5.91 Å². The maximum atomic E-state index is 12.4. The van der Waals surface area contributed by atoms with Crippen LogP contribution in [0.4, 0.5) is 0 Å². The predicted molar refractivity (Wildman–Crippen MR) is 85.4 cm³/mol. The first-order valence-electron chi connectivity index (χ1n) is 8.08. The van der Waals surface area contributed by atoms with Gasteiger partial charge in [0.1, 0.15) is 11.7 Å². The largest absolute Gasteiger partial charge is 0.494 e. The second-order valence-electron chi connectivity index (χ2n) is 5.87. The quantitative estimate of drug-likeness (QED) is 0.838. The molecule has 1 unspecified atom stereocenters. The molecule has 1 saturated heterocycles. The van der Waals surface area contributed by atoms with Crippen molar-refractivity contribution in [1.29, 1.82) is 5.26 Å². The number of likely N-dealkylation sites (tertiary alicyclic amines) is 1. The van der Waals surface area contributed by atoms with Crippen LogP contribution in [0.15, 0.2) is 24.3 Å². The minimum Gasteiger partial charge on any atom is -0.494 e. The van der Waals surface area contributed by atoms with E-state index >= 15 is 0 Å². The Labute approximate surface area is 132 Å². The molecule has 0 saturated carbocycles. The fourth-order valence-electron chi connectivity index (χ4n) is 2.68. The molecule has 1 aliphatic rings. The van der Waals surface area contributed by atoms with Crippen LogP contribution in [-0.4, -0.2) is 30.5 Å². The molecule has 0 radical (unpaired) electrons. The number of aryl methyl sites for hydroxylation is 1. The van der Waals surface area contributed by atoms with E-state index in [1.165, 1.54) is 18.4 Å². The van der Waals surface area contributed by atoms with Crippen molar-refractivity contribution in [3.05, 3.63) is 29.8 Å². The summed E-state index contributed by atoms with van der Waals surface area (Å²) in [6.45, 7) is 3.99. The highest BCUT2D eigenvalue weighted by Gasteiger charge is 2.24. The van der Waals surface area contributed by atoms with E-state index in [1.54, 1.807) is 0 Å². The summed E-state index contributed by atoms with van der Waals surface area (Å²) < 4.78 is 5.63. The number of hydrogen-bond acceptors (Lipinski definition) is 3. The second kappa shape index (κ2) is 8.43. The molecule has 0 bridgehead atoms. The Hall–Kier alpha value is -2.02. The third-order valence-electron chi connectivity index (χ3n) is 4.07. The van der Waals surface area contributed by atoms with Crippen molar-refractivity contribution in [1.82, 2.24) is 4.90 Å². The molecule has 4 nitrogen and oxygen atoms in total. The number of rotatable bonds is 5. The van der Waals surface area contributed by atoms with Crippen LogP contribution in [0.25, 0.3) is 0 Å². The summed E-state index contributed by atoms with van der Waals surface area (Å²) >= 11 is 0. The Kier molecular flexibility index (Phi) is 6.27. The standard InChI is InChI=1S/C18H24N2O2/c1-15-6-8-17(9-7-15)22-13-10-16(14-19)18(21)20-11-4-2-3-5-12-20/h6-9,16H,2-5,10-13H2,1H3. The van der Waals surface area contributed by atoms with Gasteiger partial charge in [0.05, 0.1) is 12.7 Å². The van der Waals surface area contributed by atoms with Crippen LogP contribution in [0, 0.1) is 24.2 Å². The normalized spacial score (nSPS) is 16.5. The van der Waals surface area contributed by atoms with Crippen LogP contribution in [0.5, 0.6) is 5.75 Å². The SMILES string of the molecule is Cc1ccc(OCCC(C#N)C(=O)N2CCCCCC2)cc1. The molecule has 22 heavy (non-hydrogen) atoms. The smallest absolute Gasteiger partial charge is 0.240 e. The van der Waals surface area contributed by atoms with Gasteiger partial charge in [0, 0.05) is 19.5 Å². The number of carbonyl (C=O) groups is 1. The Balaban J connectivity index is 1.82. The molecule has 4 heteroatoms. The molecule has 0 spiro atoms. The van der Waals surface area contributed by atoms with Crippen LogP contribution in [0.1, 0.15) is 37.7 Å². The molecule has 2 rings (SSSR count). The molecule has 1 aromatic rings. The zero-order valence-corrected chi connectivity index (χ0v) is 13.3. The molecule has 0 aromatic heterocycles. The average molecular weight is 300 g/mol. The van der Waals surface area contributed by atoms with Gasteiger partial charge in [0.2, 0.25) is 5.91 Å². The summed E-state index contributed by atoms with van der Waals surface area (Å²) in [6.07, 6.45) is 4.89. The fraction of sp³-hybridized carbons (Fsp3) is 0.556. The maximum Gasteiger partial charge on any atom is 0.240 e. The van der Waals surface area contributed by atoms with Crippen LogP contribution in [0.3, 0.4) is 0 Å². The molecule has 1 heterocycles. The number of ether oxygens (including phenoxy) is 1. The Morgan fingerprint density at radius 3 is 2.45 bits per heavy atom. The number of hydrogen-bond donors (Lipinski definition) is 0. The number of amides is 1. The van der Waals surface area contributed by atoms with Crippen LogP contribution < -0.4 is 4.74 Å². The molecular weight excluding hydrogens is 276 g/mol. The predicted octanol–water partition coefficient (Wildman–Crippen LogP) is 3.31. The summed E-state index contributed by atoms with van der Waals surface area (Å²) in [5.74, 6) is 0.157. The van der Waals surface area contributed by atoms with E-state index in [9.17, 15) is 10.1 Å². The van der Waals surface area contributed by atoms with E-state index in [0.29, 0.717) is 13.0 Å². The summed E-state index contributed by atoms with van der Waals surface area (Å²) in [6, 6.07) is 9.94. The van der Waals surface area contributed by atoms with Crippen LogP contribution in [0.2, 0.25) is 0 Å². The summed E-state index contributed by atoms with van der Waals surface area (Å²) in [7, 11) is 0. The fourth-order valence-corrected chi connectivity index (χ4v) is 2.68. The van der Waals surface area contributed by atoms with Crippen molar-refractivity contribution in [3.8, 4) is 11.8 Å². The molecule has 1 atom stereocenters. The van der Waals surface area contributed by atoms with Crippen LogP contribution >= 0.6 is 0 Å². The minimum atomic E-state index is -0.594. The molecular formula is C18H24N2O2. The monoisotopic (exact) mass is 300 g/mol. The lowest BCUT2D eigenvalue weighted by Crippen LogP contribution is -2.37. The van der Waals surface area contributed by atoms with E-state index in [1.807, 2.05) is 36.1 Å². The van der Waals surface area contributed by atoms with Gasteiger partial charge in [0.25, 0.3) is 0 Å². The topological polar surface area (TPSA) is 53.3 Å². The van der Waals surface area contributed by atoms with Gasteiger partial charge in [0.15, 0.2) is 0 Å². The Bertz CT molecular complexity index is 511. The second-order valence-corrected chi connectivity index (χ2v) is 5.87. The first-order valence-corrected chi connectivity index (χ1v) is 8.08. The van der Waals surface area contributed by atoms with E-state index in [2.05, 4.69) is 6.07 Å². The highest BCUT2D eigenvalue weighted by atomic mass is 16.5. The van der Waals surface area contributed by atoms with Gasteiger partial charge in [-0.05, 0) is 31.9 Å². The number of nitriles is 1.